The Morgan fingerprint density at radius 1 is 0.912 bits per heavy atom. The molecule has 3 aromatic carbocycles. The molecule has 0 unspecified atom stereocenters. The summed E-state index contributed by atoms with van der Waals surface area (Å²) in [5.41, 5.74) is 3.37. The van der Waals surface area contributed by atoms with E-state index in [0.29, 0.717) is 22.6 Å². The second-order valence-corrected chi connectivity index (χ2v) is 8.02. The van der Waals surface area contributed by atoms with Crippen LogP contribution < -0.4 is 15.0 Å². The van der Waals surface area contributed by atoms with Crippen LogP contribution in [-0.4, -0.2) is 23.9 Å². The average molecular weight is 450 g/mol. The lowest BCUT2D eigenvalue weighted by Crippen LogP contribution is -2.46. The summed E-state index contributed by atoms with van der Waals surface area (Å²) < 4.78 is 5.33. The van der Waals surface area contributed by atoms with Crippen LogP contribution in [0.15, 0.2) is 103 Å². The van der Waals surface area contributed by atoms with E-state index in [1.54, 1.807) is 42.6 Å². The largest absolute Gasteiger partial charge is 0.497 e. The first-order chi connectivity index (χ1) is 16.7. The third kappa shape index (κ3) is 3.90. The summed E-state index contributed by atoms with van der Waals surface area (Å²) in [5, 5.41) is 3.00. The molecule has 0 spiro atoms. The number of hydrogen-bond acceptors (Lipinski definition) is 4. The second kappa shape index (κ2) is 9.19. The van der Waals surface area contributed by atoms with Crippen LogP contribution in [0.2, 0.25) is 0 Å². The highest BCUT2D eigenvalue weighted by atomic mass is 16.5. The highest BCUT2D eigenvalue weighted by molar-refractivity contribution is 6.12. The van der Waals surface area contributed by atoms with Gasteiger partial charge in [0.05, 0.1) is 31.0 Å². The van der Waals surface area contributed by atoms with E-state index in [-0.39, 0.29) is 11.8 Å². The maximum Gasteiger partial charge on any atom is 0.259 e. The Labute approximate surface area is 197 Å². The molecule has 1 aromatic heterocycles. The van der Waals surface area contributed by atoms with Crippen LogP contribution in [0.3, 0.4) is 0 Å². The van der Waals surface area contributed by atoms with Crippen molar-refractivity contribution in [1.82, 2.24) is 4.98 Å². The first-order valence-corrected chi connectivity index (χ1v) is 11.0. The van der Waals surface area contributed by atoms with Gasteiger partial charge in [-0.25, -0.2) is 0 Å². The normalized spacial score (nSPS) is 17.1. The van der Waals surface area contributed by atoms with Gasteiger partial charge >= 0.3 is 0 Å². The molecular weight excluding hydrogens is 426 g/mol. The van der Waals surface area contributed by atoms with Gasteiger partial charge in [-0.2, -0.15) is 0 Å². The number of pyridine rings is 1. The molecule has 0 saturated carbocycles. The summed E-state index contributed by atoms with van der Waals surface area (Å²) in [6, 6.07) is 27.3. The minimum absolute atomic E-state index is 0.145. The summed E-state index contributed by atoms with van der Waals surface area (Å²) in [5.74, 6) is -0.306. The molecule has 1 aliphatic heterocycles. The molecule has 6 nitrogen and oxygen atoms in total. The van der Waals surface area contributed by atoms with Crippen LogP contribution in [0.4, 0.5) is 11.4 Å². The maximum absolute atomic E-state index is 13.8. The third-order valence-corrected chi connectivity index (χ3v) is 6.04. The number of aromatic nitrogens is 1. The molecule has 0 saturated heterocycles. The van der Waals surface area contributed by atoms with Crippen molar-refractivity contribution in [2.75, 3.05) is 17.3 Å². The number of para-hydroxylation sites is 1. The molecule has 1 aliphatic rings. The molecule has 0 radical (unpaired) electrons. The lowest BCUT2D eigenvalue weighted by atomic mass is 9.78. The SMILES string of the molecule is COc1ccc([C@@H]2[C@@H](C(=O)Nc3cccnc3)c3ccccc3C(=O)N2c2ccccc2)cc1. The van der Waals surface area contributed by atoms with Gasteiger partial charge in [-0.15, -0.1) is 0 Å². The summed E-state index contributed by atoms with van der Waals surface area (Å²) in [6.45, 7) is 0. The van der Waals surface area contributed by atoms with Crippen molar-refractivity contribution < 1.29 is 14.3 Å². The van der Waals surface area contributed by atoms with Crippen LogP contribution in [0.1, 0.15) is 33.4 Å². The number of ether oxygens (including phenoxy) is 1. The van der Waals surface area contributed by atoms with Crippen LogP contribution in [0.25, 0.3) is 0 Å². The van der Waals surface area contributed by atoms with Crippen LogP contribution >= 0.6 is 0 Å². The molecule has 2 atom stereocenters. The Hall–Kier alpha value is -4.45. The Balaban J connectivity index is 1.69. The lowest BCUT2D eigenvalue weighted by Gasteiger charge is -2.41. The zero-order valence-electron chi connectivity index (χ0n) is 18.6. The number of amides is 2. The molecule has 168 valence electrons. The Kier molecular flexibility index (Phi) is 5.79. The van der Waals surface area contributed by atoms with Gasteiger partial charge in [0.2, 0.25) is 5.91 Å². The number of hydrogen-bond donors (Lipinski definition) is 1. The quantitative estimate of drug-likeness (QED) is 0.454. The van der Waals surface area contributed by atoms with Crippen LogP contribution in [0, 0.1) is 0 Å². The molecule has 0 fully saturated rings. The zero-order valence-corrected chi connectivity index (χ0v) is 18.6. The minimum Gasteiger partial charge on any atom is -0.497 e. The topological polar surface area (TPSA) is 71.5 Å². The number of fused-ring (bicyclic) bond motifs is 1. The number of anilines is 2. The number of nitrogens with zero attached hydrogens (tertiary/aromatic N) is 2. The van der Waals surface area contributed by atoms with Crippen molar-refractivity contribution >= 4 is 23.2 Å². The van der Waals surface area contributed by atoms with Crippen molar-refractivity contribution in [3.63, 3.8) is 0 Å². The Morgan fingerprint density at radius 3 is 2.35 bits per heavy atom. The van der Waals surface area contributed by atoms with Gasteiger partial charge in [0.25, 0.3) is 5.91 Å². The smallest absolute Gasteiger partial charge is 0.259 e. The van der Waals surface area contributed by atoms with Crippen molar-refractivity contribution in [2.24, 2.45) is 0 Å². The van der Waals surface area contributed by atoms with E-state index in [2.05, 4.69) is 10.3 Å². The molecule has 0 aliphatic carbocycles. The number of benzene rings is 3. The molecular formula is C28H23N3O3. The molecule has 6 heteroatoms. The fourth-order valence-corrected chi connectivity index (χ4v) is 4.49. The van der Waals surface area contributed by atoms with E-state index >= 15 is 0 Å². The summed E-state index contributed by atoms with van der Waals surface area (Å²) >= 11 is 0. The van der Waals surface area contributed by atoms with Gasteiger partial charge in [0.1, 0.15) is 5.75 Å². The fourth-order valence-electron chi connectivity index (χ4n) is 4.49. The van der Waals surface area contributed by atoms with Gasteiger partial charge in [0.15, 0.2) is 0 Å². The van der Waals surface area contributed by atoms with E-state index in [0.717, 1.165) is 11.3 Å². The van der Waals surface area contributed by atoms with E-state index in [9.17, 15) is 9.59 Å². The highest BCUT2D eigenvalue weighted by Gasteiger charge is 2.44. The van der Waals surface area contributed by atoms with E-state index < -0.39 is 12.0 Å². The van der Waals surface area contributed by atoms with Crippen LogP contribution in [-0.2, 0) is 4.79 Å². The monoisotopic (exact) mass is 449 g/mol. The van der Waals surface area contributed by atoms with Crippen molar-refractivity contribution in [3.8, 4) is 5.75 Å². The molecule has 2 amide bonds. The Bertz CT molecular complexity index is 1310. The third-order valence-electron chi connectivity index (χ3n) is 6.04. The summed E-state index contributed by atoms with van der Waals surface area (Å²) in [6.07, 6.45) is 3.26. The second-order valence-electron chi connectivity index (χ2n) is 8.02. The van der Waals surface area contributed by atoms with Gasteiger partial charge < -0.3 is 10.1 Å². The number of methoxy groups -OCH3 is 1. The van der Waals surface area contributed by atoms with Gasteiger partial charge in [-0.3, -0.25) is 19.5 Å². The number of rotatable bonds is 5. The lowest BCUT2D eigenvalue weighted by molar-refractivity contribution is -0.118. The van der Waals surface area contributed by atoms with E-state index in [4.69, 9.17) is 4.74 Å². The number of nitrogens with one attached hydrogen (secondary N) is 1. The first-order valence-electron chi connectivity index (χ1n) is 11.0. The molecule has 5 rings (SSSR count). The van der Waals surface area contributed by atoms with Gasteiger partial charge in [-0.1, -0.05) is 48.5 Å². The molecule has 1 N–H and O–H groups in total. The predicted octanol–water partition coefficient (Wildman–Crippen LogP) is 5.21. The van der Waals surface area contributed by atoms with E-state index in [1.807, 2.05) is 72.8 Å². The summed E-state index contributed by atoms with van der Waals surface area (Å²) in [4.78, 5) is 33.5. The van der Waals surface area contributed by atoms with Crippen molar-refractivity contribution in [1.29, 1.82) is 0 Å². The predicted molar refractivity (Wildman–Crippen MR) is 131 cm³/mol. The Morgan fingerprint density at radius 2 is 1.65 bits per heavy atom. The molecule has 2 heterocycles. The fraction of sp³-hybridized carbons (Fsp3) is 0.107. The van der Waals surface area contributed by atoms with Crippen molar-refractivity contribution in [3.05, 3.63) is 120 Å². The zero-order chi connectivity index (χ0) is 23.5. The number of carbonyl (C=O) groups is 2. The average Bonchev–Trinajstić information content (AvgIpc) is 2.89. The highest BCUT2D eigenvalue weighted by Crippen LogP contribution is 2.45. The van der Waals surface area contributed by atoms with Gasteiger partial charge in [0, 0.05) is 17.4 Å². The minimum atomic E-state index is -0.650. The molecule has 34 heavy (non-hydrogen) atoms. The van der Waals surface area contributed by atoms with E-state index in [1.165, 1.54) is 0 Å². The standard InChI is InChI=1S/C28H23N3O3/c1-34-22-15-13-19(14-16-22)26-25(27(32)30-20-8-7-17-29-18-20)23-11-5-6-12-24(23)28(33)31(26)21-9-3-2-4-10-21/h2-18,25-26H,1H3,(H,30,32)/t25-,26+/m0/s1. The number of carbonyl (C=O) groups excluding carboxylic acids is 2. The first kappa shape index (κ1) is 21.4. The summed E-state index contributed by atoms with van der Waals surface area (Å²) in [7, 11) is 1.61. The van der Waals surface area contributed by atoms with Crippen molar-refractivity contribution in [2.45, 2.75) is 12.0 Å². The molecule has 4 aromatic rings. The van der Waals surface area contributed by atoms with Gasteiger partial charge in [-0.05, 0) is 53.6 Å². The maximum atomic E-state index is 13.8. The van der Waals surface area contributed by atoms with Crippen LogP contribution in [0.5, 0.6) is 5.75 Å². The molecule has 0 bridgehead atoms.